The molecule has 1 atom stereocenters. The second-order valence-corrected chi connectivity index (χ2v) is 5.54. The Morgan fingerprint density at radius 3 is 2.81 bits per heavy atom. The van der Waals surface area contributed by atoms with Gasteiger partial charge in [-0.3, -0.25) is 9.48 Å². The van der Waals surface area contributed by atoms with Gasteiger partial charge in [-0.05, 0) is 25.7 Å². The summed E-state index contributed by atoms with van der Waals surface area (Å²) >= 11 is 0. The molecular formula is C13H18N6O2. The van der Waals surface area contributed by atoms with E-state index < -0.39 is 0 Å². The molecule has 0 aromatic carbocycles. The molecule has 0 bridgehead atoms. The van der Waals surface area contributed by atoms with Crippen molar-refractivity contribution < 1.29 is 9.90 Å². The van der Waals surface area contributed by atoms with E-state index in [4.69, 9.17) is 0 Å². The first kappa shape index (κ1) is 13.7. The van der Waals surface area contributed by atoms with Gasteiger partial charge in [-0.15, -0.1) is 0 Å². The Balaban J connectivity index is 1.79. The smallest absolute Gasteiger partial charge is 0.274 e. The van der Waals surface area contributed by atoms with Gasteiger partial charge in [0.05, 0.1) is 24.0 Å². The predicted octanol–water partition coefficient (Wildman–Crippen LogP) is 0.0886. The van der Waals surface area contributed by atoms with Crippen LogP contribution in [0.25, 0.3) is 0 Å². The lowest BCUT2D eigenvalue weighted by molar-refractivity contribution is 0.0234. The van der Waals surface area contributed by atoms with Crippen molar-refractivity contribution in [1.29, 1.82) is 0 Å². The molecule has 3 rings (SSSR count). The van der Waals surface area contributed by atoms with E-state index in [1.54, 1.807) is 17.8 Å². The summed E-state index contributed by atoms with van der Waals surface area (Å²) < 4.78 is 1.70. The van der Waals surface area contributed by atoms with Gasteiger partial charge in [0.25, 0.3) is 5.91 Å². The molecule has 1 aliphatic carbocycles. The Labute approximate surface area is 121 Å². The maximum absolute atomic E-state index is 12.3. The predicted molar refractivity (Wildman–Crippen MR) is 73.3 cm³/mol. The van der Waals surface area contributed by atoms with Gasteiger partial charge in [0.15, 0.2) is 5.69 Å². The topological polar surface area (TPSA) is 109 Å². The van der Waals surface area contributed by atoms with Crippen molar-refractivity contribution in [3.8, 4) is 0 Å². The fourth-order valence-corrected chi connectivity index (χ4v) is 2.68. The third kappa shape index (κ3) is 2.66. The summed E-state index contributed by atoms with van der Waals surface area (Å²) in [6, 6.07) is -0.175. The molecule has 21 heavy (non-hydrogen) atoms. The largest absolute Gasteiger partial charge is 0.393 e. The fraction of sp³-hybridized carbons (Fsp3) is 0.538. The SMILES string of the molecule is Cc1n[nH]nc1C(=O)N[C@@H](c1cnn(C)c1)C1CC(O)C1. The van der Waals surface area contributed by atoms with E-state index in [2.05, 4.69) is 25.8 Å². The first-order valence-corrected chi connectivity index (χ1v) is 6.89. The minimum absolute atomic E-state index is 0.175. The second kappa shape index (κ2) is 5.28. The molecule has 2 aromatic heterocycles. The highest BCUT2D eigenvalue weighted by Crippen LogP contribution is 2.38. The van der Waals surface area contributed by atoms with Crippen molar-refractivity contribution in [3.05, 3.63) is 29.3 Å². The molecule has 2 aromatic rings. The molecule has 1 aliphatic rings. The lowest BCUT2D eigenvalue weighted by atomic mass is 9.75. The van der Waals surface area contributed by atoms with Crippen LogP contribution >= 0.6 is 0 Å². The van der Waals surface area contributed by atoms with E-state index in [-0.39, 0.29) is 24.0 Å². The van der Waals surface area contributed by atoms with Crippen LogP contribution in [0.1, 0.15) is 40.6 Å². The van der Waals surface area contributed by atoms with E-state index in [0.29, 0.717) is 24.2 Å². The molecular weight excluding hydrogens is 272 g/mol. The molecule has 0 saturated heterocycles. The van der Waals surface area contributed by atoms with Crippen LogP contribution < -0.4 is 5.32 Å². The quantitative estimate of drug-likeness (QED) is 0.739. The molecule has 8 heteroatoms. The Morgan fingerprint density at radius 1 is 1.52 bits per heavy atom. The number of carbonyl (C=O) groups excluding carboxylic acids is 1. The van der Waals surface area contributed by atoms with Crippen LogP contribution in [0.2, 0.25) is 0 Å². The molecule has 0 spiro atoms. The number of aryl methyl sites for hydroxylation is 2. The Kier molecular flexibility index (Phi) is 3.46. The molecule has 1 fully saturated rings. The number of aromatic nitrogens is 5. The standard InChI is InChI=1S/C13H18N6O2/c1-7-11(17-18-16-7)13(21)15-12(8-3-10(20)4-8)9-5-14-19(2)6-9/h5-6,8,10,12,20H,3-4H2,1-2H3,(H,15,21)(H,16,17,18)/t8?,10?,12-/m1/s1. The second-order valence-electron chi connectivity index (χ2n) is 5.54. The lowest BCUT2D eigenvalue weighted by Gasteiger charge is -2.37. The third-order valence-corrected chi connectivity index (χ3v) is 3.93. The van der Waals surface area contributed by atoms with Crippen LogP contribution in [0.15, 0.2) is 12.4 Å². The van der Waals surface area contributed by atoms with Gasteiger partial charge in [-0.25, -0.2) is 0 Å². The summed E-state index contributed by atoms with van der Waals surface area (Å²) in [6.45, 7) is 1.73. The van der Waals surface area contributed by atoms with E-state index in [1.807, 2.05) is 13.2 Å². The fourth-order valence-electron chi connectivity index (χ4n) is 2.68. The van der Waals surface area contributed by atoms with Gasteiger partial charge in [0.1, 0.15) is 0 Å². The summed E-state index contributed by atoms with van der Waals surface area (Å²) in [5.41, 5.74) is 1.79. The number of amides is 1. The van der Waals surface area contributed by atoms with Crippen molar-refractivity contribution in [2.45, 2.75) is 31.9 Å². The summed E-state index contributed by atoms with van der Waals surface area (Å²) in [4.78, 5) is 12.3. The molecule has 1 saturated carbocycles. The monoisotopic (exact) mass is 290 g/mol. The minimum Gasteiger partial charge on any atom is -0.393 e. The van der Waals surface area contributed by atoms with E-state index in [1.165, 1.54) is 0 Å². The zero-order chi connectivity index (χ0) is 15.0. The maximum atomic E-state index is 12.3. The highest BCUT2D eigenvalue weighted by molar-refractivity contribution is 5.93. The number of nitrogens with zero attached hydrogens (tertiary/aromatic N) is 4. The van der Waals surface area contributed by atoms with Crippen LogP contribution in [0.3, 0.4) is 0 Å². The number of hydrogen-bond donors (Lipinski definition) is 3. The Morgan fingerprint density at radius 2 is 2.29 bits per heavy atom. The normalized spacial score (nSPS) is 22.6. The van der Waals surface area contributed by atoms with Crippen molar-refractivity contribution in [1.82, 2.24) is 30.5 Å². The molecule has 3 N–H and O–H groups in total. The number of nitrogens with one attached hydrogen (secondary N) is 2. The van der Waals surface area contributed by atoms with Crippen LogP contribution in [-0.2, 0) is 7.05 Å². The number of carbonyl (C=O) groups is 1. The van der Waals surface area contributed by atoms with Crippen molar-refractivity contribution in [3.63, 3.8) is 0 Å². The van der Waals surface area contributed by atoms with Crippen molar-refractivity contribution in [2.24, 2.45) is 13.0 Å². The van der Waals surface area contributed by atoms with Gasteiger partial charge in [0.2, 0.25) is 0 Å². The highest BCUT2D eigenvalue weighted by atomic mass is 16.3. The van der Waals surface area contributed by atoms with Gasteiger partial charge in [-0.2, -0.15) is 20.5 Å². The van der Waals surface area contributed by atoms with Gasteiger partial charge < -0.3 is 10.4 Å². The first-order chi connectivity index (χ1) is 10.0. The average molecular weight is 290 g/mol. The molecule has 112 valence electrons. The number of H-pyrrole nitrogens is 1. The molecule has 2 heterocycles. The third-order valence-electron chi connectivity index (χ3n) is 3.93. The number of rotatable bonds is 4. The molecule has 0 radical (unpaired) electrons. The molecule has 0 aliphatic heterocycles. The molecule has 8 nitrogen and oxygen atoms in total. The zero-order valence-electron chi connectivity index (χ0n) is 11.9. The zero-order valence-corrected chi connectivity index (χ0v) is 11.9. The lowest BCUT2D eigenvalue weighted by Crippen LogP contribution is -2.41. The summed E-state index contributed by atoms with van der Waals surface area (Å²) in [5.74, 6) is -0.0585. The minimum atomic E-state index is -0.278. The van der Waals surface area contributed by atoms with E-state index >= 15 is 0 Å². The van der Waals surface area contributed by atoms with Crippen LogP contribution in [-0.4, -0.2) is 42.3 Å². The van der Waals surface area contributed by atoms with E-state index in [0.717, 1.165) is 5.56 Å². The summed E-state index contributed by atoms with van der Waals surface area (Å²) in [5, 5.41) is 26.8. The number of aromatic amines is 1. The highest BCUT2D eigenvalue weighted by Gasteiger charge is 2.36. The summed E-state index contributed by atoms with van der Waals surface area (Å²) in [6.07, 6.45) is 4.70. The average Bonchev–Trinajstić information content (AvgIpc) is 3.01. The van der Waals surface area contributed by atoms with Crippen molar-refractivity contribution >= 4 is 5.91 Å². The van der Waals surface area contributed by atoms with Crippen molar-refractivity contribution in [2.75, 3.05) is 0 Å². The van der Waals surface area contributed by atoms with Gasteiger partial charge in [0, 0.05) is 18.8 Å². The van der Waals surface area contributed by atoms with Gasteiger partial charge >= 0.3 is 0 Å². The number of aliphatic hydroxyl groups is 1. The maximum Gasteiger partial charge on any atom is 0.274 e. The van der Waals surface area contributed by atoms with E-state index in [9.17, 15) is 9.90 Å². The molecule has 1 amide bonds. The molecule has 0 unspecified atom stereocenters. The van der Waals surface area contributed by atoms with Gasteiger partial charge in [-0.1, -0.05) is 0 Å². The Hall–Kier alpha value is -2.22. The number of hydrogen-bond acceptors (Lipinski definition) is 5. The van der Waals surface area contributed by atoms with Crippen LogP contribution in [0.5, 0.6) is 0 Å². The van der Waals surface area contributed by atoms with Crippen LogP contribution in [0.4, 0.5) is 0 Å². The number of aliphatic hydroxyl groups excluding tert-OH is 1. The first-order valence-electron chi connectivity index (χ1n) is 6.89. The van der Waals surface area contributed by atoms with Crippen LogP contribution in [0, 0.1) is 12.8 Å². The summed E-state index contributed by atoms with van der Waals surface area (Å²) in [7, 11) is 1.83. The Bertz CT molecular complexity index is 643.